The van der Waals surface area contributed by atoms with Crippen LogP contribution in [-0.4, -0.2) is 26.2 Å². The van der Waals surface area contributed by atoms with Crippen LogP contribution in [0.3, 0.4) is 0 Å². The third-order valence-corrected chi connectivity index (χ3v) is 3.10. The second-order valence-electron chi connectivity index (χ2n) is 5.43. The molecule has 0 spiro atoms. The monoisotopic (exact) mass is 272 g/mol. The predicted octanol–water partition coefficient (Wildman–Crippen LogP) is 2.08. The van der Waals surface area contributed by atoms with E-state index in [4.69, 9.17) is 10.2 Å². The second-order valence-corrected chi connectivity index (χ2v) is 5.43. The maximum absolute atomic E-state index is 5.78. The Morgan fingerprint density at radius 1 is 1.30 bits per heavy atom. The zero-order valence-electron chi connectivity index (χ0n) is 11.7. The number of nitrogens with two attached hydrogens (primary N) is 1. The molecule has 1 aliphatic rings. The van der Waals surface area contributed by atoms with Crippen molar-refractivity contribution in [1.29, 1.82) is 0 Å². The zero-order valence-corrected chi connectivity index (χ0v) is 11.7. The molecular weight excluding hydrogens is 256 g/mol. The highest BCUT2D eigenvalue weighted by Crippen LogP contribution is 2.31. The minimum absolute atomic E-state index is 0.150. The van der Waals surface area contributed by atoms with Gasteiger partial charge in [0.25, 0.3) is 5.95 Å². The van der Waals surface area contributed by atoms with Gasteiger partial charge in [-0.05, 0) is 32.9 Å². The molecule has 2 N–H and O–H groups in total. The summed E-state index contributed by atoms with van der Waals surface area (Å²) in [6.45, 7) is 6.15. The lowest BCUT2D eigenvalue weighted by Crippen LogP contribution is -2.37. The van der Waals surface area contributed by atoms with E-state index in [-0.39, 0.29) is 11.5 Å². The molecule has 104 valence electrons. The molecule has 20 heavy (non-hydrogen) atoms. The molecule has 1 aliphatic heterocycles. The fraction of sp³-hybridized carbons (Fsp3) is 0.385. The van der Waals surface area contributed by atoms with Crippen LogP contribution in [0.1, 0.15) is 27.2 Å². The van der Waals surface area contributed by atoms with Gasteiger partial charge in [0.1, 0.15) is 0 Å². The van der Waals surface area contributed by atoms with E-state index in [2.05, 4.69) is 33.9 Å². The van der Waals surface area contributed by atoms with E-state index in [1.807, 2.05) is 6.92 Å². The molecule has 0 bridgehead atoms. The SMILES string of the molecule is CC1=NN(c2nc(N)nc(-c3ccco3)n2)C(C)(C)C1. The van der Waals surface area contributed by atoms with E-state index in [0.29, 0.717) is 17.5 Å². The summed E-state index contributed by atoms with van der Waals surface area (Å²) in [4.78, 5) is 12.7. The van der Waals surface area contributed by atoms with Crippen molar-refractivity contribution in [2.24, 2.45) is 5.10 Å². The van der Waals surface area contributed by atoms with Gasteiger partial charge >= 0.3 is 0 Å². The number of hydrazone groups is 1. The molecule has 0 fully saturated rings. The maximum Gasteiger partial charge on any atom is 0.252 e. The fourth-order valence-electron chi connectivity index (χ4n) is 2.35. The number of furan rings is 1. The lowest BCUT2D eigenvalue weighted by molar-refractivity contribution is 0.505. The zero-order chi connectivity index (χ0) is 14.3. The number of hydrogen-bond donors (Lipinski definition) is 1. The van der Waals surface area contributed by atoms with Gasteiger partial charge in [-0.3, -0.25) is 0 Å². The molecule has 7 heteroatoms. The average molecular weight is 272 g/mol. The van der Waals surface area contributed by atoms with Gasteiger partial charge in [0.15, 0.2) is 5.76 Å². The summed E-state index contributed by atoms with van der Waals surface area (Å²) in [5.41, 5.74) is 6.63. The number of anilines is 2. The van der Waals surface area contributed by atoms with Gasteiger partial charge in [-0.25, -0.2) is 5.01 Å². The van der Waals surface area contributed by atoms with Crippen LogP contribution in [0, 0.1) is 0 Å². The van der Waals surface area contributed by atoms with Crippen molar-refractivity contribution in [3.8, 4) is 11.6 Å². The van der Waals surface area contributed by atoms with Crippen molar-refractivity contribution < 1.29 is 4.42 Å². The van der Waals surface area contributed by atoms with Crippen LogP contribution in [0.2, 0.25) is 0 Å². The van der Waals surface area contributed by atoms with Crippen molar-refractivity contribution in [1.82, 2.24) is 15.0 Å². The smallest absolute Gasteiger partial charge is 0.252 e. The van der Waals surface area contributed by atoms with Gasteiger partial charge in [0, 0.05) is 12.1 Å². The molecule has 0 atom stereocenters. The maximum atomic E-state index is 5.78. The van der Waals surface area contributed by atoms with Gasteiger partial charge in [0.05, 0.1) is 11.8 Å². The number of hydrogen-bond acceptors (Lipinski definition) is 7. The van der Waals surface area contributed by atoms with Gasteiger partial charge in [-0.15, -0.1) is 0 Å². The highest BCUT2D eigenvalue weighted by atomic mass is 16.3. The van der Waals surface area contributed by atoms with Crippen molar-refractivity contribution in [2.75, 3.05) is 10.7 Å². The predicted molar refractivity (Wildman–Crippen MR) is 76.2 cm³/mol. The largest absolute Gasteiger partial charge is 0.461 e. The Morgan fingerprint density at radius 3 is 2.70 bits per heavy atom. The Balaban J connectivity index is 2.07. The van der Waals surface area contributed by atoms with Crippen LogP contribution >= 0.6 is 0 Å². The van der Waals surface area contributed by atoms with Crippen LogP contribution in [0.25, 0.3) is 11.6 Å². The lowest BCUT2D eigenvalue weighted by atomic mass is 9.99. The van der Waals surface area contributed by atoms with Crippen molar-refractivity contribution in [3.05, 3.63) is 18.4 Å². The number of nitrogen functional groups attached to an aromatic ring is 1. The number of nitrogens with zero attached hydrogens (tertiary/aromatic N) is 5. The number of rotatable bonds is 2. The standard InChI is InChI=1S/C13H16N6O/c1-8-7-13(2,3)19(18-8)12-16-10(15-11(14)17-12)9-5-4-6-20-9/h4-6H,7H2,1-3H3,(H2,14,15,16,17). The Bertz CT molecular complexity index is 662. The normalized spacial score (nSPS) is 17.4. The Labute approximate surface area is 116 Å². The molecule has 0 amide bonds. The molecule has 2 aromatic rings. The first kappa shape index (κ1) is 12.6. The molecule has 0 aromatic carbocycles. The van der Waals surface area contributed by atoms with Crippen LogP contribution < -0.4 is 10.7 Å². The average Bonchev–Trinajstić information content (AvgIpc) is 2.95. The van der Waals surface area contributed by atoms with E-state index >= 15 is 0 Å². The molecule has 0 aliphatic carbocycles. The Morgan fingerprint density at radius 2 is 2.10 bits per heavy atom. The molecule has 7 nitrogen and oxygen atoms in total. The summed E-state index contributed by atoms with van der Waals surface area (Å²) in [5, 5.41) is 6.27. The summed E-state index contributed by atoms with van der Waals surface area (Å²) in [5.74, 6) is 1.55. The minimum Gasteiger partial charge on any atom is -0.461 e. The van der Waals surface area contributed by atoms with Crippen LogP contribution in [0.15, 0.2) is 27.9 Å². The summed E-state index contributed by atoms with van der Waals surface area (Å²) in [7, 11) is 0. The number of aromatic nitrogens is 3. The second kappa shape index (κ2) is 4.29. The highest BCUT2D eigenvalue weighted by Gasteiger charge is 2.35. The van der Waals surface area contributed by atoms with E-state index < -0.39 is 0 Å². The quantitative estimate of drug-likeness (QED) is 0.899. The van der Waals surface area contributed by atoms with Crippen LogP contribution in [0.5, 0.6) is 0 Å². The molecule has 3 rings (SSSR count). The lowest BCUT2D eigenvalue weighted by Gasteiger charge is -2.28. The molecule has 0 radical (unpaired) electrons. The molecule has 2 aromatic heterocycles. The van der Waals surface area contributed by atoms with E-state index in [1.165, 1.54) is 0 Å². The first-order valence-corrected chi connectivity index (χ1v) is 6.35. The highest BCUT2D eigenvalue weighted by molar-refractivity contribution is 5.86. The summed E-state index contributed by atoms with van der Waals surface area (Å²) in [6, 6.07) is 3.55. The van der Waals surface area contributed by atoms with E-state index in [9.17, 15) is 0 Å². The Hall–Kier alpha value is -2.44. The van der Waals surface area contributed by atoms with E-state index in [1.54, 1.807) is 23.4 Å². The third kappa shape index (κ3) is 2.11. The van der Waals surface area contributed by atoms with Gasteiger partial charge < -0.3 is 10.2 Å². The van der Waals surface area contributed by atoms with Gasteiger partial charge in [-0.2, -0.15) is 20.1 Å². The van der Waals surface area contributed by atoms with Crippen molar-refractivity contribution in [3.63, 3.8) is 0 Å². The first-order chi connectivity index (χ1) is 9.45. The van der Waals surface area contributed by atoms with Crippen molar-refractivity contribution in [2.45, 2.75) is 32.7 Å². The molecular formula is C13H16N6O. The molecule has 3 heterocycles. The summed E-state index contributed by atoms with van der Waals surface area (Å²) >= 11 is 0. The van der Waals surface area contributed by atoms with Crippen LogP contribution in [0.4, 0.5) is 11.9 Å². The van der Waals surface area contributed by atoms with Crippen LogP contribution in [-0.2, 0) is 0 Å². The molecule has 0 saturated carbocycles. The fourth-order valence-corrected chi connectivity index (χ4v) is 2.35. The minimum atomic E-state index is -0.182. The van der Waals surface area contributed by atoms with Gasteiger partial charge in [0.2, 0.25) is 11.8 Å². The van der Waals surface area contributed by atoms with Gasteiger partial charge in [-0.1, -0.05) is 0 Å². The van der Waals surface area contributed by atoms with E-state index in [0.717, 1.165) is 12.1 Å². The molecule has 0 saturated heterocycles. The summed E-state index contributed by atoms with van der Waals surface area (Å²) < 4.78 is 5.30. The van der Waals surface area contributed by atoms with Crippen molar-refractivity contribution >= 4 is 17.6 Å². The first-order valence-electron chi connectivity index (χ1n) is 6.35. The third-order valence-electron chi connectivity index (χ3n) is 3.10. The molecule has 0 unspecified atom stereocenters. The topological polar surface area (TPSA) is 93.4 Å². The Kier molecular flexibility index (Phi) is 2.70. The summed E-state index contributed by atoms with van der Waals surface area (Å²) in [6.07, 6.45) is 2.42.